The van der Waals surface area contributed by atoms with Crippen molar-refractivity contribution < 1.29 is 0 Å². The molecule has 0 aliphatic heterocycles. The Morgan fingerprint density at radius 2 is 2.06 bits per heavy atom. The number of nitrogens with zero attached hydrogens (tertiary/aromatic N) is 2. The van der Waals surface area contributed by atoms with Gasteiger partial charge < -0.3 is 5.32 Å². The van der Waals surface area contributed by atoms with E-state index in [9.17, 15) is 0 Å². The SMILES string of the molecule is CCc1ccccc1-n1ccnc1NCC(C)C. The molecule has 1 aromatic heterocycles. The van der Waals surface area contributed by atoms with Gasteiger partial charge in [-0.15, -0.1) is 0 Å². The fourth-order valence-electron chi connectivity index (χ4n) is 1.97. The average molecular weight is 243 g/mol. The van der Waals surface area contributed by atoms with Crippen LogP contribution in [0.3, 0.4) is 0 Å². The van der Waals surface area contributed by atoms with Crippen LogP contribution in [0.25, 0.3) is 5.69 Å². The summed E-state index contributed by atoms with van der Waals surface area (Å²) in [6, 6.07) is 8.46. The predicted molar refractivity (Wildman–Crippen MR) is 76.3 cm³/mol. The Hall–Kier alpha value is -1.77. The van der Waals surface area contributed by atoms with E-state index in [0.717, 1.165) is 18.9 Å². The van der Waals surface area contributed by atoms with Gasteiger partial charge in [-0.25, -0.2) is 4.98 Å². The Bertz CT molecular complexity index is 500. The molecule has 0 saturated heterocycles. The molecule has 1 heterocycles. The summed E-state index contributed by atoms with van der Waals surface area (Å²) in [5.41, 5.74) is 2.55. The third kappa shape index (κ3) is 2.73. The van der Waals surface area contributed by atoms with Crippen LogP contribution in [0.15, 0.2) is 36.7 Å². The smallest absolute Gasteiger partial charge is 0.207 e. The summed E-state index contributed by atoms with van der Waals surface area (Å²) < 4.78 is 2.13. The summed E-state index contributed by atoms with van der Waals surface area (Å²) in [6.45, 7) is 7.50. The van der Waals surface area contributed by atoms with Crippen LogP contribution in [0.4, 0.5) is 5.95 Å². The second-order valence-corrected chi connectivity index (χ2v) is 4.88. The van der Waals surface area contributed by atoms with Crippen LogP contribution in [-0.4, -0.2) is 16.1 Å². The highest BCUT2D eigenvalue weighted by molar-refractivity contribution is 5.47. The van der Waals surface area contributed by atoms with Gasteiger partial charge >= 0.3 is 0 Å². The molecule has 0 aliphatic rings. The standard InChI is InChI=1S/C15H21N3/c1-4-13-7-5-6-8-14(13)18-10-9-16-15(18)17-11-12(2)3/h5-10,12H,4,11H2,1-3H3,(H,16,17). The highest BCUT2D eigenvalue weighted by Gasteiger charge is 2.07. The fourth-order valence-corrected chi connectivity index (χ4v) is 1.97. The van der Waals surface area contributed by atoms with E-state index in [1.54, 1.807) is 0 Å². The molecule has 2 aromatic rings. The van der Waals surface area contributed by atoms with Crippen molar-refractivity contribution in [2.24, 2.45) is 5.92 Å². The molecular weight excluding hydrogens is 222 g/mol. The van der Waals surface area contributed by atoms with Gasteiger partial charge in [-0.2, -0.15) is 0 Å². The molecule has 2 rings (SSSR count). The van der Waals surface area contributed by atoms with Crippen LogP contribution in [0.1, 0.15) is 26.3 Å². The molecule has 0 atom stereocenters. The Labute approximate surface area is 109 Å². The topological polar surface area (TPSA) is 29.9 Å². The molecule has 1 aromatic carbocycles. The molecule has 18 heavy (non-hydrogen) atoms. The van der Waals surface area contributed by atoms with E-state index in [1.807, 2.05) is 12.4 Å². The van der Waals surface area contributed by atoms with Crippen molar-refractivity contribution in [3.8, 4) is 5.69 Å². The zero-order valence-corrected chi connectivity index (χ0v) is 11.4. The minimum atomic E-state index is 0.608. The van der Waals surface area contributed by atoms with Crippen LogP contribution < -0.4 is 5.32 Å². The monoisotopic (exact) mass is 243 g/mol. The molecule has 0 amide bonds. The van der Waals surface area contributed by atoms with E-state index in [2.05, 4.69) is 59.9 Å². The summed E-state index contributed by atoms with van der Waals surface area (Å²) in [4.78, 5) is 4.39. The summed E-state index contributed by atoms with van der Waals surface area (Å²) >= 11 is 0. The highest BCUT2D eigenvalue weighted by Crippen LogP contribution is 2.19. The molecule has 0 fully saturated rings. The molecule has 0 radical (unpaired) electrons. The molecule has 96 valence electrons. The first-order valence-corrected chi connectivity index (χ1v) is 6.58. The zero-order chi connectivity index (χ0) is 13.0. The minimum absolute atomic E-state index is 0.608. The molecule has 3 heteroatoms. The number of nitrogens with one attached hydrogen (secondary N) is 1. The van der Waals surface area contributed by atoms with Gasteiger partial charge in [0.2, 0.25) is 5.95 Å². The third-order valence-electron chi connectivity index (χ3n) is 2.94. The van der Waals surface area contributed by atoms with Crippen LogP contribution in [0, 0.1) is 5.92 Å². The van der Waals surface area contributed by atoms with Gasteiger partial charge in [-0.1, -0.05) is 39.0 Å². The maximum absolute atomic E-state index is 4.39. The highest BCUT2D eigenvalue weighted by atomic mass is 15.2. The summed E-state index contributed by atoms with van der Waals surface area (Å²) in [6.07, 6.45) is 4.88. The maximum atomic E-state index is 4.39. The first-order valence-electron chi connectivity index (χ1n) is 6.58. The number of para-hydroxylation sites is 1. The zero-order valence-electron chi connectivity index (χ0n) is 11.4. The fraction of sp³-hybridized carbons (Fsp3) is 0.400. The number of aryl methyl sites for hydroxylation is 1. The van der Waals surface area contributed by atoms with Crippen molar-refractivity contribution in [3.05, 3.63) is 42.2 Å². The molecule has 1 N–H and O–H groups in total. The summed E-state index contributed by atoms with van der Waals surface area (Å²) in [5, 5.41) is 3.39. The first-order chi connectivity index (χ1) is 8.72. The van der Waals surface area contributed by atoms with Crippen molar-refractivity contribution >= 4 is 5.95 Å². The molecule has 3 nitrogen and oxygen atoms in total. The molecule has 0 saturated carbocycles. The Morgan fingerprint density at radius 1 is 1.28 bits per heavy atom. The van der Waals surface area contributed by atoms with Gasteiger partial charge in [0.1, 0.15) is 0 Å². The maximum Gasteiger partial charge on any atom is 0.207 e. The van der Waals surface area contributed by atoms with Gasteiger partial charge in [-0.3, -0.25) is 4.57 Å². The normalized spacial score (nSPS) is 10.9. The van der Waals surface area contributed by atoms with Gasteiger partial charge in [0.15, 0.2) is 0 Å². The Morgan fingerprint density at radius 3 is 2.78 bits per heavy atom. The lowest BCUT2D eigenvalue weighted by atomic mass is 10.1. The number of hydrogen-bond donors (Lipinski definition) is 1. The molecule has 0 spiro atoms. The number of aromatic nitrogens is 2. The lowest BCUT2D eigenvalue weighted by molar-refractivity contribution is 0.683. The predicted octanol–water partition coefficient (Wildman–Crippen LogP) is 3.50. The number of rotatable bonds is 5. The molecule has 0 aliphatic carbocycles. The minimum Gasteiger partial charge on any atom is -0.355 e. The van der Waals surface area contributed by atoms with Crippen LogP contribution in [-0.2, 0) is 6.42 Å². The van der Waals surface area contributed by atoms with E-state index in [0.29, 0.717) is 5.92 Å². The van der Waals surface area contributed by atoms with E-state index in [-0.39, 0.29) is 0 Å². The molecular formula is C15H21N3. The molecule has 0 unspecified atom stereocenters. The van der Waals surface area contributed by atoms with E-state index in [4.69, 9.17) is 0 Å². The molecule has 0 bridgehead atoms. The van der Waals surface area contributed by atoms with E-state index in [1.165, 1.54) is 11.3 Å². The average Bonchev–Trinajstić information content (AvgIpc) is 2.84. The third-order valence-corrected chi connectivity index (χ3v) is 2.94. The summed E-state index contributed by atoms with van der Waals surface area (Å²) in [5.74, 6) is 1.53. The Kier molecular flexibility index (Phi) is 4.03. The number of hydrogen-bond acceptors (Lipinski definition) is 2. The first kappa shape index (κ1) is 12.7. The van der Waals surface area contributed by atoms with E-state index < -0.39 is 0 Å². The van der Waals surface area contributed by atoms with Crippen molar-refractivity contribution in [1.82, 2.24) is 9.55 Å². The van der Waals surface area contributed by atoms with Gasteiger partial charge in [0.05, 0.1) is 5.69 Å². The second-order valence-electron chi connectivity index (χ2n) is 4.88. The van der Waals surface area contributed by atoms with Crippen molar-refractivity contribution in [2.75, 3.05) is 11.9 Å². The number of benzene rings is 1. The van der Waals surface area contributed by atoms with Gasteiger partial charge in [0.25, 0.3) is 0 Å². The number of anilines is 1. The van der Waals surface area contributed by atoms with Crippen LogP contribution >= 0.6 is 0 Å². The van der Waals surface area contributed by atoms with Crippen LogP contribution in [0.2, 0.25) is 0 Å². The summed E-state index contributed by atoms with van der Waals surface area (Å²) in [7, 11) is 0. The lowest BCUT2D eigenvalue weighted by Crippen LogP contribution is -2.12. The van der Waals surface area contributed by atoms with Gasteiger partial charge in [0, 0.05) is 18.9 Å². The van der Waals surface area contributed by atoms with Crippen LogP contribution in [0.5, 0.6) is 0 Å². The Balaban J connectivity index is 2.30. The van der Waals surface area contributed by atoms with Crippen molar-refractivity contribution in [2.45, 2.75) is 27.2 Å². The van der Waals surface area contributed by atoms with Crippen molar-refractivity contribution in [1.29, 1.82) is 0 Å². The number of imidazole rings is 1. The quantitative estimate of drug-likeness (QED) is 0.871. The second kappa shape index (κ2) is 5.71. The van der Waals surface area contributed by atoms with E-state index >= 15 is 0 Å². The van der Waals surface area contributed by atoms with Gasteiger partial charge in [-0.05, 0) is 24.0 Å². The lowest BCUT2D eigenvalue weighted by Gasteiger charge is -2.14. The van der Waals surface area contributed by atoms with Crippen molar-refractivity contribution in [3.63, 3.8) is 0 Å². The largest absolute Gasteiger partial charge is 0.355 e.